The van der Waals surface area contributed by atoms with Crippen LogP contribution in [0.15, 0.2) is 47.4 Å². The highest BCUT2D eigenvalue weighted by Crippen LogP contribution is 2.59. The third kappa shape index (κ3) is 9.82. The van der Waals surface area contributed by atoms with Gasteiger partial charge in [0.05, 0.1) is 49.9 Å². The number of aliphatic hydroxyl groups is 1. The minimum absolute atomic E-state index is 0.0148. The van der Waals surface area contributed by atoms with Gasteiger partial charge in [0.1, 0.15) is 11.9 Å². The number of sulfonamides is 1. The molecular weight excluding hydrogens is 723 g/mol. The van der Waals surface area contributed by atoms with Crippen molar-refractivity contribution in [2.24, 2.45) is 11.8 Å². The number of methoxy groups -OCH3 is 1. The van der Waals surface area contributed by atoms with Crippen molar-refractivity contribution in [1.29, 1.82) is 0 Å². The maximum absolute atomic E-state index is 14.3. The molecule has 1 amide bonds. The molecule has 7 atom stereocenters. The van der Waals surface area contributed by atoms with Crippen LogP contribution < -0.4 is 19.3 Å². The molecule has 4 aliphatic rings. The molecule has 4 heterocycles. The van der Waals surface area contributed by atoms with Crippen molar-refractivity contribution in [2.45, 2.75) is 76.1 Å². The summed E-state index contributed by atoms with van der Waals surface area (Å²) in [7, 11) is -7.16. The summed E-state index contributed by atoms with van der Waals surface area (Å²) >= 11 is 0. The number of amides is 1. The van der Waals surface area contributed by atoms with Crippen LogP contribution in [0.25, 0.3) is 0 Å². The fourth-order valence-corrected chi connectivity index (χ4v) is 9.26. The zero-order valence-electron chi connectivity index (χ0n) is 29.8. The summed E-state index contributed by atoms with van der Waals surface area (Å²) < 4.78 is 74.6. The van der Waals surface area contributed by atoms with Gasteiger partial charge in [0.25, 0.3) is 6.35 Å². The van der Waals surface area contributed by atoms with Gasteiger partial charge in [-0.25, -0.2) is 18.0 Å². The van der Waals surface area contributed by atoms with Crippen LogP contribution in [0.1, 0.15) is 39.7 Å². The van der Waals surface area contributed by atoms with E-state index in [0.29, 0.717) is 24.3 Å². The standard InChI is InChI=1S/C34H47N2O14PS/c1-6-44-32(38)22(4)49-51(40)20-47-24-9-7-23(8-10-24)15-27(35-34(39)48-31-19-46-33-26(31)13-14-45-33)28(37)18-36(17-21(2)3)52(41,42)25-11-12-29(43-5)30(16-25)50-51/h7-12,16,21-22,26-28,31,33,37,40H,6,13-15,17-20H2,1-5H3/p+1/t22-,26+,27+,28-,31+,33-,51?/m1/s1. The van der Waals surface area contributed by atoms with Crippen molar-refractivity contribution in [3.05, 3.63) is 48.0 Å². The third-order valence-electron chi connectivity index (χ3n) is 8.70. The smallest absolute Gasteiger partial charge is 0.493 e. The molecule has 3 N–H and O–H groups in total. The Hall–Kier alpha value is -3.28. The molecule has 0 spiro atoms. The highest BCUT2D eigenvalue weighted by molar-refractivity contribution is 7.89. The van der Waals surface area contributed by atoms with Crippen LogP contribution in [0, 0.1) is 11.8 Å². The molecule has 6 rings (SSSR count). The molecule has 4 bridgehead atoms. The molecule has 2 aromatic rings. The average Bonchev–Trinajstić information content (AvgIpc) is 3.72. The number of carbonyl (C=O) groups is 2. The summed E-state index contributed by atoms with van der Waals surface area (Å²) in [4.78, 5) is 37.2. The zero-order valence-corrected chi connectivity index (χ0v) is 31.5. The first kappa shape index (κ1) is 39.9. The summed E-state index contributed by atoms with van der Waals surface area (Å²) in [6.45, 7) is 7.04. The first-order valence-electron chi connectivity index (χ1n) is 17.1. The summed E-state index contributed by atoms with van der Waals surface area (Å²) in [6, 6.07) is 9.46. The Balaban J connectivity index is 1.50. The molecule has 0 aromatic heterocycles. The Morgan fingerprint density at radius 2 is 1.87 bits per heavy atom. The van der Waals surface area contributed by atoms with Gasteiger partial charge in [0.2, 0.25) is 21.9 Å². The molecule has 18 heteroatoms. The molecule has 16 nitrogen and oxygen atoms in total. The molecule has 2 saturated heterocycles. The minimum atomic E-state index is -4.35. The molecule has 52 heavy (non-hydrogen) atoms. The number of nitrogens with zero attached hydrogens (tertiary/aromatic N) is 1. The largest absolute Gasteiger partial charge is 0.494 e. The Morgan fingerprint density at radius 3 is 2.56 bits per heavy atom. The van der Waals surface area contributed by atoms with Gasteiger partial charge in [-0.15, -0.1) is 0 Å². The van der Waals surface area contributed by atoms with Crippen molar-refractivity contribution in [3.8, 4) is 17.2 Å². The Morgan fingerprint density at radius 1 is 1.12 bits per heavy atom. The first-order chi connectivity index (χ1) is 24.7. The predicted molar refractivity (Wildman–Crippen MR) is 186 cm³/mol. The number of alkyl carbamates (subject to hydrolysis) is 1. The Labute approximate surface area is 304 Å². The monoisotopic (exact) mass is 771 g/mol. The van der Waals surface area contributed by atoms with Crippen molar-refractivity contribution in [2.75, 3.05) is 46.4 Å². The number of esters is 1. The van der Waals surface area contributed by atoms with E-state index in [2.05, 4.69) is 5.32 Å². The van der Waals surface area contributed by atoms with E-state index in [1.807, 2.05) is 13.8 Å². The predicted octanol–water partition coefficient (Wildman–Crippen LogP) is 3.25. The molecule has 0 radical (unpaired) electrons. The van der Waals surface area contributed by atoms with Crippen molar-refractivity contribution >= 4 is 30.0 Å². The number of rotatable bonds is 9. The van der Waals surface area contributed by atoms with Crippen LogP contribution >= 0.6 is 7.94 Å². The number of aliphatic hydroxyl groups excluding tert-OH is 1. The molecular formula is C34H48N2O14PS+. The quantitative estimate of drug-likeness (QED) is 0.248. The van der Waals surface area contributed by atoms with E-state index in [4.69, 9.17) is 37.5 Å². The number of nitrogens with one attached hydrogen (secondary N) is 1. The number of carbonyl (C=O) groups excluding carboxylic acids is 2. The Kier molecular flexibility index (Phi) is 13.2. The second-order valence-corrected chi connectivity index (χ2v) is 17.0. The van der Waals surface area contributed by atoms with Crippen molar-refractivity contribution < 1.29 is 65.5 Å². The molecule has 4 aliphatic heterocycles. The number of fused-ring (bicyclic) bond motifs is 11. The van der Waals surface area contributed by atoms with Gasteiger partial charge in [-0.05, 0) is 62.4 Å². The lowest BCUT2D eigenvalue weighted by Crippen LogP contribution is -2.51. The van der Waals surface area contributed by atoms with Gasteiger partial charge in [0.15, 0.2) is 12.0 Å². The fourth-order valence-electron chi connectivity index (χ4n) is 6.12. The van der Waals surface area contributed by atoms with E-state index in [-0.39, 0.29) is 54.4 Å². The zero-order chi connectivity index (χ0) is 37.6. The highest BCUT2D eigenvalue weighted by Gasteiger charge is 2.49. The number of ether oxygens (including phenoxy) is 6. The van der Waals surface area contributed by atoms with Gasteiger partial charge in [-0.2, -0.15) is 13.7 Å². The van der Waals surface area contributed by atoms with E-state index in [0.717, 1.165) is 4.31 Å². The highest BCUT2D eigenvalue weighted by atomic mass is 32.2. The van der Waals surface area contributed by atoms with Gasteiger partial charge < -0.3 is 38.8 Å². The Bertz CT molecular complexity index is 1650. The normalized spacial score (nSPS) is 28.2. The lowest BCUT2D eigenvalue weighted by Gasteiger charge is -2.31. The second-order valence-electron chi connectivity index (χ2n) is 13.2. The minimum Gasteiger partial charge on any atom is -0.493 e. The molecule has 288 valence electrons. The van der Waals surface area contributed by atoms with E-state index in [9.17, 15) is 28.0 Å². The molecule has 1 unspecified atom stereocenters. The summed E-state index contributed by atoms with van der Waals surface area (Å²) in [5.41, 5.74) is 0.664. The summed E-state index contributed by atoms with van der Waals surface area (Å²) in [5, 5.41) is 14.4. The fraction of sp³-hybridized carbons (Fsp3) is 0.588. The van der Waals surface area contributed by atoms with Gasteiger partial charge in [0, 0.05) is 19.2 Å². The topological polar surface area (TPSA) is 198 Å². The third-order valence-corrected chi connectivity index (χ3v) is 12.1. The lowest BCUT2D eigenvalue weighted by atomic mass is 10.0. The van der Waals surface area contributed by atoms with Crippen LogP contribution in [0.3, 0.4) is 0 Å². The maximum atomic E-state index is 14.3. The number of hydrogen-bond acceptors (Lipinski definition) is 14. The van der Waals surface area contributed by atoms with E-state index >= 15 is 0 Å². The van der Waals surface area contributed by atoms with Crippen LogP contribution in [0.5, 0.6) is 17.2 Å². The molecule has 2 fully saturated rings. The SMILES string of the molecule is CCOC(=O)[C@@H](C)O[P+]1(O)COc2ccc(cc2)C[C@H](NC(=O)O[C@H]2CO[C@H]3OCC[C@H]32)[C@H](O)CN(CC(C)C)S(=O)(=O)c2ccc(OC)c(c2)O1. The number of hydrogen-bond donors (Lipinski definition) is 3. The van der Waals surface area contributed by atoms with Gasteiger partial charge in [-0.1, -0.05) is 26.0 Å². The lowest BCUT2D eigenvalue weighted by molar-refractivity contribution is -0.151. The van der Waals surface area contributed by atoms with Gasteiger partial charge >= 0.3 is 20.0 Å². The molecule has 0 saturated carbocycles. The maximum Gasteiger partial charge on any atom is 0.494 e. The van der Waals surface area contributed by atoms with E-state index in [1.165, 1.54) is 32.2 Å². The van der Waals surface area contributed by atoms with Crippen LogP contribution in [0.2, 0.25) is 0 Å². The summed E-state index contributed by atoms with van der Waals surface area (Å²) in [5.74, 6) is -0.853. The second kappa shape index (κ2) is 17.2. The molecule has 0 aliphatic carbocycles. The van der Waals surface area contributed by atoms with E-state index in [1.54, 1.807) is 31.2 Å². The van der Waals surface area contributed by atoms with Crippen molar-refractivity contribution in [1.82, 2.24) is 9.62 Å². The van der Waals surface area contributed by atoms with E-state index < -0.39 is 73.6 Å². The molecule has 2 aromatic carbocycles. The van der Waals surface area contributed by atoms with Crippen LogP contribution in [-0.2, 0) is 44.7 Å². The first-order valence-corrected chi connectivity index (χ1v) is 20.4. The number of benzene rings is 2. The van der Waals surface area contributed by atoms with Crippen LogP contribution in [0.4, 0.5) is 4.79 Å². The van der Waals surface area contributed by atoms with Crippen LogP contribution in [-0.4, -0.2) is 112 Å². The average molecular weight is 772 g/mol. The van der Waals surface area contributed by atoms with Crippen molar-refractivity contribution in [3.63, 3.8) is 0 Å². The summed E-state index contributed by atoms with van der Waals surface area (Å²) in [6.07, 6.45) is -4.21. The van der Waals surface area contributed by atoms with Gasteiger partial charge in [-0.3, -0.25) is 4.52 Å².